The van der Waals surface area contributed by atoms with Gasteiger partial charge in [-0.3, -0.25) is 9.59 Å². The summed E-state index contributed by atoms with van der Waals surface area (Å²) in [5.41, 5.74) is 0.998. The van der Waals surface area contributed by atoms with Gasteiger partial charge < -0.3 is 15.3 Å². The van der Waals surface area contributed by atoms with Gasteiger partial charge in [-0.25, -0.2) is 4.79 Å². The second-order valence-corrected chi connectivity index (χ2v) is 8.82. The molecule has 2 aliphatic heterocycles. The molecule has 2 heterocycles. The minimum atomic E-state index is -0.975. The van der Waals surface area contributed by atoms with E-state index in [0.29, 0.717) is 25.0 Å². The second kappa shape index (κ2) is 9.01. The number of piperidine rings is 1. The normalized spacial score (nSPS) is 26.6. The molecule has 2 saturated heterocycles. The first-order valence-corrected chi connectivity index (χ1v) is 10.7. The Labute approximate surface area is 168 Å². The van der Waals surface area contributed by atoms with Gasteiger partial charge in [0.05, 0.1) is 10.6 Å². The molecule has 3 unspecified atom stereocenters. The molecule has 0 aromatic heterocycles. The van der Waals surface area contributed by atoms with Crippen LogP contribution in [-0.4, -0.2) is 56.3 Å². The third kappa shape index (κ3) is 4.79. The molecule has 4 atom stereocenters. The van der Waals surface area contributed by atoms with Crippen LogP contribution < -0.4 is 5.32 Å². The van der Waals surface area contributed by atoms with Crippen LogP contribution in [-0.2, 0) is 20.8 Å². The fourth-order valence-corrected chi connectivity index (χ4v) is 5.30. The summed E-state index contributed by atoms with van der Waals surface area (Å²) in [6, 6.07) is 8.08. The van der Waals surface area contributed by atoms with E-state index in [1.54, 1.807) is 11.8 Å². The molecule has 0 aliphatic carbocycles. The number of nitrogens with one attached hydrogen (secondary N) is 1. The van der Waals surface area contributed by atoms with E-state index in [9.17, 15) is 19.5 Å². The fraction of sp³-hybridized carbons (Fsp3) is 0.526. The van der Waals surface area contributed by atoms with E-state index in [1.165, 1.54) is 4.90 Å². The summed E-state index contributed by atoms with van der Waals surface area (Å²) in [7, 11) is 0. The number of thiol groups is 1. The molecule has 0 spiro atoms. The molecule has 27 heavy (non-hydrogen) atoms. The van der Waals surface area contributed by atoms with Gasteiger partial charge in [0.25, 0.3) is 0 Å². The Kier molecular flexibility index (Phi) is 6.70. The molecule has 3 rings (SSSR count). The Hall–Kier alpha value is -1.67. The molecule has 0 radical (unpaired) electrons. The zero-order valence-electron chi connectivity index (χ0n) is 14.9. The van der Waals surface area contributed by atoms with Gasteiger partial charge in [0, 0.05) is 0 Å². The molecule has 6 nitrogen and oxygen atoms in total. The second-order valence-electron chi connectivity index (χ2n) is 6.91. The number of carbonyl (C=O) groups is 3. The minimum Gasteiger partial charge on any atom is -0.480 e. The predicted octanol–water partition coefficient (Wildman–Crippen LogP) is 1.94. The molecule has 2 amide bonds. The summed E-state index contributed by atoms with van der Waals surface area (Å²) in [5.74, 6) is -0.851. The maximum Gasteiger partial charge on any atom is 0.326 e. The molecule has 2 fully saturated rings. The molecule has 146 valence electrons. The van der Waals surface area contributed by atoms with Crippen molar-refractivity contribution in [1.82, 2.24) is 10.2 Å². The van der Waals surface area contributed by atoms with E-state index in [1.807, 2.05) is 30.3 Å². The van der Waals surface area contributed by atoms with Crippen molar-refractivity contribution < 1.29 is 19.5 Å². The molecule has 2 aliphatic rings. The van der Waals surface area contributed by atoms with Crippen molar-refractivity contribution in [3.8, 4) is 0 Å². The number of amides is 2. The van der Waals surface area contributed by atoms with Gasteiger partial charge in [0.1, 0.15) is 12.1 Å². The Morgan fingerprint density at radius 1 is 1.26 bits per heavy atom. The van der Waals surface area contributed by atoms with Crippen molar-refractivity contribution in [2.45, 2.75) is 54.8 Å². The number of carbonyl (C=O) groups excluding carboxylic acids is 2. The zero-order chi connectivity index (χ0) is 19.4. The lowest BCUT2D eigenvalue weighted by Gasteiger charge is -2.39. The Balaban J connectivity index is 1.67. The van der Waals surface area contributed by atoms with Crippen LogP contribution in [0, 0.1) is 0 Å². The van der Waals surface area contributed by atoms with Crippen LogP contribution in [0.3, 0.4) is 0 Å². The lowest BCUT2D eigenvalue weighted by atomic mass is 10.00. The topological polar surface area (TPSA) is 86.7 Å². The smallest absolute Gasteiger partial charge is 0.326 e. The molecular formula is C19H24N2O4S2. The first-order valence-electron chi connectivity index (χ1n) is 9.16. The van der Waals surface area contributed by atoms with Gasteiger partial charge >= 0.3 is 5.97 Å². The number of fused-ring (bicyclic) bond motifs is 1. The highest BCUT2D eigenvalue weighted by Gasteiger charge is 2.43. The highest BCUT2D eigenvalue weighted by molar-refractivity contribution is 7.99. The summed E-state index contributed by atoms with van der Waals surface area (Å²) in [5, 5.41) is 11.6. The third-order valence-corrected chi connectivity index (χ3v) is 6.76. The van der Waals surface area contributed by atoms with Gasteiger partial charge in [-0.15, -0.1) is 11.8 Å². The molecule has 0 bridgehead atoms. The first kappa shape index (κ1) is 20.1. The minimum absolute atomic E-state index is 0.120. The SMILES string of the molecule is O=C(O)C1CCCC2SCCC(NC(=O)[C@@H](S)Cc3ccccc3)C(=O)N21. The highest BCUT2D eigenvalue weighted by atomic mass is 32.2. The Morgan fingerprint density at radius 3 is 2.70 bits per heavy atom. The van der Waals surface area contributed by atoms with Gasteiger partial charge in [-0.05, 0) is 43.4 Å². The quantitative estimate of drug-likeness (QED) is 0.648. The van der Waals surface area contributed by atoms with E-state index in [2.05, 4.69) is 17.9 Å². The number of rotatable bonds is 5. The van der Waals surface area contributed by atoms with E-state index < -0.39 is 23.3 Å². The maximum absolute atomic E-state index is 13.0. The van der Waals surface area contributed by atoms with Crippen LogP contribution in [0.1, 0.15) is 31.2 Å². The molecule has 0 saturated carbocycles. The highest BCUT2D eigenvalue weighted by Crippen LogP contribution is 2.34. The van der Waals surface area contributed by atoms with E-state index in [0.717, 1.165) is 18.4 Å². The van der Waals surface area contributed by atoms with Gasteiger partial charge in [0.2, 0.25) is 11.8 Å². The van der Waals surface area contributed by atoms with Crippen molar-refractivity contribution in [3.05, 3.63) is 35.9 Å². The number of benzene rings is 1. The molecule has 1 aromatic carbocycles. The summed E-state index contributed by atoms with van der Waals surface area (Å²) >= 11 is 6.01. The molecular weight excluding hydrogens is 384 g/mol. The van der Waals surface area contributed by atoms with Crippen LogP contribution in [0.15, 0.2) is 30.3 Å². The number of carboxylic acid groups (broad SMARTS) is 1. The van der Waals surface area contributed by atoms with Crippen molar-refractivity contribution in [2.75, 3.05) is 5.75 Å². The molecule has 8 heteroatoms. The van der Waals surface area contributed by atoms with Crippen LogP contribution in [0.2, 0.25) is 0 Å². The standard InChI is InChI=1S/C19H24N2O4S2/c22-17(15(26)11-12-5-2-1-3-6-12)20-13-9-10-27-16-8-4-7-14(19(24)25)21(16)18(13)23/h1-3,5-6,13-16,26H,4,7-11H2,(H,20,22)(H,24,25)/t13?,14?,15-,16?/m0/s1. The Morgan fingerprint density at radius 2 is 2.00 bits per heavy atom. The van der Waals surface area contributed by atoms with E-state index >= 15 is 0 Å². The maximum atomic E-state index is 13.0. The first-order chi connectivity index (χ1) is 13.0. The molecule has 2 N–H and O–H groups in total. The lowest BCUT2D eigenvalue weighted by molar-refractivity contribution is -0.154. The number of hydrogen-bond donors (Lipinski definition) is 3. The number of thioether (sulfide) groups is 1. The predicted molar refractivity (Wildman–Crippen MR) is 108 cm³/mol. The van der Waals surface area contributed by atoms with Crippen molar-refractivity contribution >= 4 is 42.2 Å². The lowest BCUT2D eigenvalue weighted by Crippen LogP contribution is -2.57. The number of aliphatic carboxylic acids is 1. The summed E-state index contributed by atoms with van der Waals surface area (Å²) in [4.78, 5) is 38.7. The van der Waals surface area contributed by atoms with Gasteiger partial charge in [-0.2, -0.15) is 12.6 Å². The third-order valence-electron chi connectivity index (χ3n) is 5.02. The van der Waals surface area contributed by atoms with Crippen LogP contribution in [0.4, 0.5) is 0 Å². The number of carboxylic acids is 1. The van der Waals surface area contributed by atoms with Gasteiger partial charge in [-0.1, -0.05) is 30.3 Å². The zero-order valence-corrected chi connectivity index (χ0v) is 16.6. The van der Waals surface area contributed by atoms with Gasteiger partial charge in [0.15, 0.2) is 0 Å². The molecule has 1 aromatic rings. The number of hydrogen-bond acceptors (Lipinski definition) is 5. The summed E-state index contributed by atoms with van der Waals surface area (Å²) in [6.07, 6.45) is 3.02. The van der Waals surface area contributed by atoms with Crippen LogP contribution >= 0.6 is 24.4 Å². The summed E-state index contributed by atoms with van der Waals surface area (Å²) < 4.78 is 0. The fourth-order valence-electron chi connectivity index (χ4n) is 3.62. The van der Waals surface area contributed by atoms with E-state index in [-0.39, 0.29) is 17.2 Å². The van der Waals surface area contributed by atoms with Crippen molar-refractivity contribution in [2.24, 2.45) is 0 Å². The average molecular weight is 409 g/mol. The Bertz CT molecular complexity index is 700. The van der Waals surface area contributed by atoms with E-state index in [4.69, 9.17) is 0 Å². The van der Waals surface area contributed by atoms with Crippen LogP contribution in [0.5, 0.6) is 0 Å². The van der Waals surface area contributed by atoms with Crippen molar-refractivity contribution in [3.63, 3.8) is 0 Å². The monoisotopic (exact) mass is 408 g/mol. The van der Waals surface area contributed by atoms with Crippen LogP contribution in [0.25, 0.3) is 0 Å². The largest absolute Gasteiger partial charge is 0.480 e. The summed E-state index contributed by atoms with van der Waals surface area (Å²) in [6.45, 7) is 0. The average Bonchev–Trinajstić information content (AvgIpc) is 2.81. The van der Waals surface area contributed by atoms with Crippen molar-refractivity contribution in [1.29, 1.82) is 0 Å². The number of nitrogens with zero attached hydrogens (tertiary/aromatic N) is 1.